The molecule has 2 aromatic rings. The second-order valence-corrected chi connectivity index (χ2v) is 9.50. The zero-order valence-electron chi connectivity index (χ0n) is 18.8. The molecule has 0 bridgehead atoms. The van der Waals surface area contributed by atoms with Crippen LogP contribution in [-0.4, -0.2) is 38.2 Å². The van der Waals surface area contributed by atoms with Gasteiger partial charge in [-0.2, -0.15) is 5.10 Å². The minimum Gasteiger partial charge on any atom is -0.350 e. The van der Waals surface area contributed by atoms with E-state index < -0.39 is 0 Å². The Hall–Kier alpha value is -2.41. The Kier molecular flexibility index (Phi) is 6.90. The molecule has 7 nitrogen and oxygen atoms in total. The Morgan fingerprint density at radius 1 is 1.10 bits per heavy atom. The van der Waals surface area contributed by atoms with Crippen molar-refractivity contribution in [3.63, 3.8) is 0 Å². The highest BCUT2D eigenvalue weighted by molar-refractivity contribution is 5.75. The summed E-state index contributed by atoms with van der Waals surface area (Å²) in [7, 11) is 0. The van der Waals surface area contributed by atoms with Gasteiger partial charge in [-0.1, -0.05) is 44.5 Å². The number of hydrogen-bond acceptors (Lipinski definition) is 4. The molecule has 0 radical (unpaired) electrons. The zero-order valence-corrected chi connectivity index (χ0v) is 18.8. The van der Waals surface area contributed by atoms with Gasteiger partial charge in [0.1, 0.15) is 12.4 Å². The highest BCUT2D eigenvalue weighted by atomic mass is 16.2. The Morgan fingerprint density at radius 3 is 2.61 bits per heavy atom. The summed E-state index contributed by atoms with van der Waals surface area (Å²) in [5.41, 5.74) is 2.23. The number of fused-ring (bicyclic) bond motifs is 1. The maximum Gasteiger partial charge on any atom is 0.346 e. The molecule has 4 rings (SSSR count). The summed E-state index contributed by atoms with van der Waals surface area (Å²) in [5, 5.41) is 7.41. The van der Waals surface area contributed by atoms with E-state index in [-0.39, 0.29) is 18.1 Å². The van der Waals surface area contributed by atoms with Crippen LogP contribution >= 0.6 is 0 Å². The number of benzene rings is 1. The number of carbonyl (C=O) groups is 1. The molecule has 31 heavy (non-hydrogen) atoms. The van der Waals surface area contributed by atoms with Gasteiger partial charge in [0.05, 0.1) is 0 Å². The first-order valence-corrected chi connectivity index (χ1v) is 11.7. The molecule has 7 heteroatoms. The molecular formula is C24H35N5O2. The largest absolute Gasteiger partial charge is 0.350 e. The molecule has 1 amide bonds. The van der Waals surface area contributed by atoms with Crippen LogP contribution in [0.25, 0.3) is 0 Å². The van der Waals surface area contributed by atoms with Gasteiger partial charge in [-0.05, 0) is 42.2 Å². The molecule has 0 saturated carbocycles. The normalized spacial score (nSPS) is 22.0. The van der Waals surface area contributed by atoms with Crippen LogP contribution < -0.4 is 11.0 Å². The predicted octanol–water partition coefficient (Wildman–Crippen LogP) is 2.57. The maximum absolute atomic E-state index is 12.6. The fraction of sp³-hybridized carbons (Fsp3) is 0.625. The molecule has 2 aliphatic rings. The van der Waals surface area contributed by atoms with Crippen LogP contribution in [-0.2, 0) is 37.4 Å². The fourth-order valence-corrected chi connectivity index (χ4v) is 5.16. The highest BCUT2D eigenvalue weighted by Gasteiger charge is 2.22. The van der Waals surface area contributed by atoms with Gasteiger partial charge in [-0.3, -0.25) is 14.3 Å². The molecule has 1 saturated heterocycles. The SMILES string of the molecule is CC1CC(C)CN(Cc2ccccc2CNC(=O)Cn2nc3n(c2=O)CCCCC3)C1. The van der Waals surface area contributed by atoms with Gasteiger partial charge in [0.15, 0.2) is 0 Å². The van der Waals surface area contributed by atoms with E-state index >= 15 is 0 Å². The number of nitrogens with zero attached hydrogens (tertiary/aromatic N) is 4. The number of rotatable bonds is 6. The Morgan fingerprint density at radius 2 is 1.84 bits per heavy atom. The van der Waals surface area contributed by atoms with E-state index in [0.717, 1.165) is 68.5 Å². The van der Waals surface area contributed by atoms with Gasteiger partial charge in [0, 0.05) is 39.1 Å². The molecule has 2 aliphatic heterocycles. The molecule has 168 valence electrons. The summed E-state index contributed by atoms with van der Waals surface area (Å²) in [6.45, 7) is 8.96. The molecule has 2 atom stereocenters. The van der Waals surface area contributed by atoms with Crippen LogP contribution in [0.3, 0.4) is 0 Å². The molecule has 1 aromatic carbocycles. The molecule has 1 fully saturated rings. The Labute approximate surface area is 184 Å². The number of piperidine rings is 1. The van der Waals surface area contributed by atoms with Crippen LogP contribution in [0.15, 0.2) is 29.1 Å². The first kappa shape index (κ1) is 21.8. The van der Waals surface area contributed by atoms with Gasteiger partial charge in [0.25, 0.3) is 0 Å². The summed E-state index contributed by atoms with van der Waals surface area (Å²) in [5.74, 6) is 2.08. The standard InChI is InChI=1S/C24H35N5O2/c1-18-12-19(2)15-27(14-18)16-21-9-6-5-8-20(21)13-25-23(30)17-29-24(31)28-11-7-3-4-10-22(28)26-29/h5-6,8-9,18-19H,3-4,7,10-17H2,1-2H3,(H,25,30). The topological polar surface area (TPSA) is 72.2 Å². The Bertz CT molecular complexity index is 953. The van der Waals surface area contributed by atoms with Crippen molar-refractivity contribution < 1.29 is 4.79 Å². The third kappa shape index (κ3) is 5.45. The lowest BCUT2D eigenvalue weighted by Gasteiger charge is -2.35. The lowest BCUT2D eigenvalue weighted by molar-refractivity contribution is -0.122. The molecular weight excluding hydrogens is 390 g/mol. The van der Waals surface area contributed by atoms with Crippen molar-refractivity contribution in [2.45, 2.75) is 72.1 Å². The van der Waals surface area contributed by atoms with Gasteiger partial charge >= 0.3 is 5.69 Å². The van der Waals surface area contributed by atoms with E-state index in [9.17, 15) is 9.59 Å². The molecule has 0 aliphatic carbocycles. The number of carbonyl (C=O) groups excluding carboxylic acids is 1. The Balaban J connectivity index is 1.36. The van der Waals surface area contributed by atoms with Gasteiger partial charge in [0.2, 0.25) is 5.91 Å². The van der Waals surface area contributed by atoms with E-state index in [4.69, 9.17) is 0 Å². The quantitative estimate of drug-likeness (QED) is 0.772. The molecule has 0 spiro atoms. The van der Waals surface area contributed by atoms with Gasteiger partial charge in [-0.15, -0.1) is 0 Å². The van der Waals surface area contributed by atoms with Crippen LogP contribution in [0.5, 0.6) is 0 Å². The van der Waals surface area contributed by atoms with Crippen molar-refractivity contribution in [3.05, 3.63) is 51.7 Å². The van der Waals surface area contributed by atoms with E-state index in [1.807, 2.05) is 6.07 Å². The molecule has 1 aromatic heterocycles. The van der Waals surface area contributed by atoms with E-state index in [2.05, 4.69) is 47.4 Å². The minimum absolute atomic E-state index is 0.0256. The first-order valence-electron chi connectivity index (χ1n) is 11.7. The second-order valence-electron chi connectivity index (χ2n) is 9.50. The monoisotopic (exact) mass is 425 g/mol. The average molecular weight is 426 g/mol. The average Bonchev–Trinajstić information content (AvgIpc) is 2.89. The summed E-state index contributed by atoms with van der Waals surface area (Å²) >= 11 is 0. The third-order valence-electron chi connectivity index (χ3n) is 6.51. The number of amides is 1. The number of hydrogen-bond donors (Lipinski definition) is 1. The van der Waals surface area contributed by atoms with Crippen molar-refractivity contribution in [2.24, 2.45) is 11.8 Å². The van der Waals surface area contributed by atoms with Crippen LogP contribution in [0.1, 0.15) is 56.5 Å². The van der Waals surface area contributed by atoms with Crippen molar-refractivity contribution in [2.75, 3.05) is 13.1 Å². The van der Waals surface area contributed by atoms with Crippen LogP contribution in [0.4, 0.5) is 0 Å². The highest BCUT2D eigenvalue weighted by Crippen LogP contribution is 2.23. The molecule has 1 N–H and O–H groups in total. The summed E-state index contributed by atoms with van der Waals surface area (Å²) in [4.78, 5) is 27.7. The summed E-state index contributed by atoms with van der Waals surface area (Å²) < 4.78 is 3.05. The number of likely N-dealkylation sites (tertiary alicyclic amines) is 1. The first-order chi connectivity index (χ1) is 15.0. The van der Waals surface area contributed by atoms with Crippen LogP contribution in [0.2, 0.25) is 0 Å². The second kappa shape index (κ2) is 9.81. The lowest BCUT2D eigenvalue weighted by Crippen LogP contribution is -2.38. The van der Waals surface area contributed by atoms with E-state index in [0.29, 0.717) is 13.1 Å². The summed E-state index contributed by atoms with van der Waals surface area (Å²) in [6, 6.07) is 8.32. The van der Waals surface area contributed by atoms with Gasteiger partial charge < -0.3 is 5.32 Å². The predicted molar refractivity (Wildman–Crippen MR) is 121 cm³/mol. The fourth-order valence-electron chi connectivity index (χ4n) is 5.16. The minimum atomic E-state index is -0.176. The lowest BCUT2D eigenvalue weighted by atomic mass is 9.91. The van der Waals surface area contributed by atoms with Crippen molar-refractivity contribution in [1.29, 1.82) is 0 Å². The van der Waals surface area contributed by atoms with Crippen molar-refractivity contribution >= 4 is 5.91 Å². The number of nitrogens with one attached hydrogen (secondary N) is 1. The van der Waals surface area contributed by atoms with E-state index in [1.165, 1.54) is 16.7 Å². The van der Waals surface area contributed by atoms with Crippen molar-refractivity contribution in [1.82, 2.24) is 24.6 Å². The van der Waals surface area contributed by atoms with Crippen molar-refractivity contribution in [3.8, 4) is 0 Å². The number of aromatic nitrogens is 3. The summed E-state index contributed by atoms with van der Waals surface area (Å²) in [6.07, 6.45) is 5.28. The smallest absolute Gasteiger partial charge is 0.346 e. The zero-order chi connectivity index (χ0) is 21.8. The number of aryl methyl sites for hydroxylation is 1. The molecule has 3 heterocycles. The third-order valence-corrected chi connectivity index (χ3v) is 6.51. The van der Waals surface area contributed by atoms with E-state index in [1.54, 1.807) is 4.57 Å². The van der Waals surface area contributed by atoms with Gasteiger partial charge in [-0.25, -0.2) is 9.48 Å². The maximum atomic E-state index is 12.6. The molecule has 2 unspecified atom stereocenters. The van der Waals surface area contributed by atoms with Crippen LogP contribution in [0, 0.1) is 11.8 Å².